The second kappa shape index (κ2) is 9.77. The fraction of sp³-hybridized carbons (Fsp3) is 0.500. The van der Waals surface area contributed by atoms with E-state index in [4.69, 9.17) is 14.0 Å². The smallest absolute Gasteiger partial charge is 0.223 e. The minimum absolute atomic E-state index is 0. The quantitative estimate of drug-likeness (QED) is 0.394. The van der Waals surface area contributed by atoms with Gasteiger partial charge in [0, 0.05) is 26.6 Å². The van der Waals surface area contributed by atoms with E-state index in [0.29, 0.717) is 18.3 Å². The van der Waals surface area contributed by atoms with Crippen molar-refractivity contribution in [1.29, 1.82) is 0 Å². The molecule has 2 heterocycles. The second-order valence-electron chi connectivity index (χ2n) is 6.05. The molecule has 0 amide bonds. The standard InChI is InChI=1S/C18H25N5O3.HI/c1-5-19-18(20-10-17-21-12(2)26-22-17)23-7-6-13-8-15(24-3)16(25-4)9-14(13)11-23;/h8-9H,5-7,10-11H2,1-4H3,(H,19,20);1H. The van der Waals surface area contributed by atoms with E-state index in [0.717, 1.165) is 43.5 Å². The van der Waals surface area contributed by atoms with Crippen LogP contribution in [-0.2, 0) is 19.5 Å². The van der Waals surface area contributed by atoms with Gasteiger partial charge in [0.05, 0.1) is 14.2 Å². The van der Waals surface area contributed by atoms with Gasteiger partial charge in [0.1, 0.15) is 6.54 Å². The van der Waals surface area contributed by atoms with Crippen molar-refractivity contribution in [2.75, 3.05) is 27.3 Å². The van der Waals surface area contributed by atoms with E-state index in [-0.39, 0.29) is 24.0 Å². The number of aromatic nitrogens is 2. The Bertz CT molecular complexity index is 793. The van der Waals surface area contributed by atoms with Crippen LogP contribution in [0, 0.1) is 6.92 Å². The second-order valence-corrected chi connectivity index (χ2v) is 6.05. The zero-order valence-electron chi connectivity index (χ0n) is 16.1. The number of halogens is 1. The van der Waals surface area contributed by atoms with E-state index < -0.39 is 0 Å². The van der Waals surface area contributed by atoms with Crippen molar-refractivity contribution in [3.8, 4) is 11.5 Å². The van der Waals surface area contributed by atoms with Crippen LogP contribution in [0.2, 0.25) is 0 Å². The number of ether oxygens (including phenoxy) is 2. The van der Waals surface area contributed by atoms with E-state index in [1.165, 1.54) is 11.1 Å². The average Bonchev–Trinajstić information content (AvgIpc) is 3.08. The Morgan fingerprint density at radius 2 is 1.96 bits per heavy atom. The van der Waals surface area contributed by atoms with E-state index in [1.807, 2.05) is 6.07 Å². The Balaban J connectivity index is 0.00000261. The van der Waals surface area contributed by atoms with Gasteiger partial charge in [0.25, 0.3) is 0 Å². The Kier molecular flexibility index (Phi) is 7.69. The van der Waals surface area contributed by atoms with Gasteiger partial charge in [-0.05, 0) is 36.6 Å². The van der Waals surface area contributed by atoms with Crippen molar-refractivity contribution >= 4 is 29.9 Å². The highest BCUT2D eigenvalue weighted by molar-refractivity contribution is 14.0. The number of aryl methyl sites for hydroxylation is 1. The van der Waals surface area contributed by atoms with Crippen molar-refractivity contribution < 1.29 is 14.0 Å². The summed E-state index contributed by atoms with van der Waals surface area (Å²) in [7, 11) is 3.32. The monoisotopic (exact) mass is 487 g/mol. The molecular weight excluding hydrogens is 461 g/mol. The zero-order valence-corrected chi connectivity index (χ0v) is 18.4. The van der Waals surface area contributed by atoms with Crippen molar-refractivity contribution in [3.05, 3.63) is 35.0 Å². The van der Waals surface area contributed by atoms with Crippen LogP contribution in [0.1, 0.15) is 29.8 Å². The lowest BCUT2D eigenvalue weighted by Crippen LogP contribution is -2.44. The molecule has 0 unspecified atom stereocenters. The van der Waals surface area contributed by atoms with Crippen LogP contribution >= 0.6 is 24.0 Å². The Morgan fingerprint density at radius 3 is 2.56 bits per heavy atom. The number of benzene rings is 1. The highest BCUT2D eigenvalue weighted by Crippen LogP contribution is 2.33. The molecule has 0 spiro atoms. The molecule has 0 fully saturated rings. The third-order valence-electron chi connectivity index (χ3n) is 4.29. The van der Waals surface area contributed by atoms with Gasteiger partial charge in [-0.15, -0.1) is 24.0 Å². The molecule has 0 atom stereocenters. The maximum atomic E-state index is 5.44. The lowest BCUT2D eigenvalue weighted by molar-refractivity contribution is 0.345. The van der Waals surface area contributed by atoms with Crippen molar-refractivity contribution in [3.63, 3.8) is 0 Å². The third-order valence-corrected chi connectivity index (χ3v) is 4.29. The van der Waals surface area contributed by atoms with Crippen molar-refractivity contribution in [2.45, 2.75) is 33.4 Å². The van der Waals surface area contributed by atoms with Crippen LogP contribution < -0.4 is 14.8 Å². The van der Waals surface area contributed by atoms with E-state index in [9.17, 15) is 0 Å². The van der Waals surface area contributed by atoms with Crippen LogP contribution in [0.5, 0.6) is 11.5 Å². The van der Waals surface area contributed by atoms with Crippen LogP contribution in [0.4, 0.5) is 0 Å². The molecule has 2 aromatic rings. The van der Waals surface area contributed by atoms with Crippen molar-refractivity contribution in [2.24, 2.45) is 4.99 Å². The molecule has 148 valence electrons. The minimum atomic E-state index is 0. The fourth-order valence-electron chi connectivity index (χ4n) is 3.04. The number of rotatable bonds is 5. The molecule has 0 aliphatic carbocycles. The number of hydrogen-bond donors (Lipinski definition) is 1. The van der Waals surface area contributed by atoms with E-state index >= 15 is 0 Å². The molecule has 8 nitrogen and oxygen atoms in total. The number of nitrogens with zero attached hydrogens (tertiary/aromatic N) is 4. The van der Waals surface area contributed by atoms with Gasteiger partial charge in [-0.2, -0.15) is 4.98 Å². The first kappa shape index (κ1) is 21.3. The SMILES string of the molecule is CCNC(=NCc1noc(C)n1)N1CCc2cc(OC)c(OC)cc2C1.I. The van der Waals surface area contributed by atoms with Crippen molar-refractivity contribution in [1.82, 2.24) is 20.4 Å². The first-order chi connectivity index (χ1) is 12.6. The van der Waals surface area contributed by atoms with Gasteiger partial charge >= 0.3 is 0 Å². The number of fused-ring (bicyclic) bond motifs is 1. The summed E-state index contributed by atoms with van der Waals surface area (Å²) in [5, 5.41) is 7.25. The summed E-state index contributed by atoms with van der Waals surface area (Å²) < 4.78 is 15.9. The number of hydrogen-bond acceptors (Lipinski definition) is 6. The first-order valence-electron chi connectivity index (χ1n) is 8.70. The summed E-state index contributed by atoms with van der Waals surface area (Å²) >= 11 is 0. The number of nitrogens with one attached hydrogen (secondary N) is 1. The Hall–Kier alpha value is -2.04. The van der Waals surface area contributed by atoms with Crippen LogP contribution in [0.25, 0.3) is 0 Å². The van der Waals surface area contributed by atoms with Gasteiger partial charge in [-0.25, -0.2) is 4.99 Å². The molecule has 0 saturated carbocycles. The predicted octanol–water partition coefficient (Wildman–Crippen LogP) is 2.54. The fourth-order valence-corrected chi connectivity index (χ4v) is 3.04. The van der Waals surface area contributed by atoms with Crippen LogP contribution in [0.3, 0.4) is 0 Å². The molecule has 0 bridgehead atoms. The molecular formula is C18H26IN5O3. The molecule has 1 aromatic carbocycles. The van der Waals surface area contributed by atoms with E-state index in [2.05, 4.69) is 38.3 Å². The Labute approximate surface area is 176 Å². The molecule has 0 radical (unpaired) electrons. The topological polar surface area (TPSA) is 85.0 Å². The van der Waals surface area contributed by atoms with Gasteiger partial charge in [-0.3, -0.25) is 0 Å². The predicted molar refractivity (Wildman–Crippen MR) is 113 cm³/mol. The molecule has 1 N–H and O–H groups in total. The largest absolute Gasteiger partial charge is 0.493 e. The first-order valence-corrected chi connectivity index (χ1v) is 8.70. The summed E-state index contributed by atoms with van der Waals surface area (Å²) in [6.45, 7) is 6.63. The van der Waals surface area contributed by atoms with Gasteiger partial charge in [0.2, 0.25) is 5.89 Å². The molecule has 27 heavy (non-hydrogen) atoms. The molecule has 0 saturated heterocycles. The summed E-state index contributed by atoms with van der Waals surface area (Å²) in [5.41, 5.74) is 2.50. The summed E-state index contributed by atoms with van der Waals surface area (Å²) in [6.07, 6.45) is 0.918. The summed E-state index contributed by atoms with van der Waals surface area (Å²) in [6, 6.07) is 4.12. The number of aliphatic imine (C=N–C) groups is 1. The third kappa shape index (κ3) is 5.02. The Morgan fingerprint density at radius 1 is 1.26 bits per heavy atom. The summed E-state index contributed by atoms with van der Waals surface area (Å²) in [5.74, 6) is 3.50. The molecule has 1 aromatic heterocycles. The van der Waals surface area contributed by atoms with Gasteiger partial charge < -0.3 is 24.2 Å². The maximum absolute atomic E-state index is 5.44. The maximum Gasteiger partial charge on any atom is 0.223 e. The van der Waals surface area contributed by atoms with Gasteiger partial charge in [-0.1, -0.05) is 5.16 Å². The molecule has 3 rings (SSSR count). The highest BCUT2D eigenvalue weighted by Gasteiger charge is 2.21. The zero-order chi connectivity index (χ0) is 18.5. The van der Waals surface area contributed by atoms with E-state index in [1.54, 1.807) is 21.1 Å². The molecule has 9 heteroatoms. The molecule has 1 aliphatic rings. The lowest BCUT2D eigenvalue weighted by atomic mass is 9.99. The average molecular weight is 487 g/mol. The molecule has 1 aliphatic heterocycles. The number of methoxy groups -OCH3 is 2. The van der Waals surface area contributed by atoms with Gasteiger partial charge in [0.15, 0.2) is 23.3 Å². The summed E-state index contributed by atoms with van der Waals surface area (Å²) in [4.78, 5) is 11.1. The highest BCUT2D eigenvalue weighted by atomic mass is 127. The van der Waals surface area contributed by atoms with Crippen LogP contribution in [0.15, 0.2) is 21.6 Å². The number of guanidine groups is 1. The lowest BCUT2D eigenvalue weighted by Gasteiger charge is -2.32. The minimum Gasteiger partial charge on any atom is -0.493 e. The van der Waals surface area contributed by atoms with Crippen LogP contribution in [-0.4, -0.2) is 48.3 Å². The normalized spacial score (nSPS) is 13.6.